The first-order valence-electron chi connectivity index (χ1n) is 1.10. The molecule has 1 N–H and O–H groups in total. The van der Waals surface area contributed by atoms with Crippen molar-refractivity contribution >= 4 is 12.6 Å². The maximum Gasteiger partial charge on any atom is 0.0530 e. The van der Waals surface area contributed by atoms with Crippen molar-refractivity contribution in [3.8, 4) is 0 Å². The van der Waals surface area contributed by atoms with E-state index in [0.29, 0.717) is 5.75 Å². The fourth-order valence-electron chi connectivity index (χ4n) is 0. The van der Waals surface area contributed by atoms with Crippen molar-refractivity contribution in [3.63, 3.8) is 0 Å². The molecule has 1 radical (unpaired) electrons. The van der Waals surface area contributed by atoms with Crippen LogP contribution < -0.4 is 0 Å². The Kier molecular flexibility index (Phi) is 3.57. The van der Waals surface area contributed by atoms with E-state index < -0.39 is 0 Å². The van der Waals surface area contributed by atoms with Gasteiger partial charge in [-0.15, -0.1) is 0 Å². The third kappa shape index (κ3) is 2.31. The summed E-state index contributed by atoms with van der Waals surface area (Å²) >= 11 is 4.30. The van der Waals surface area contributed by atoms with Gasteiger partial charge in [-0.3, -0.25) is 0 Å². The molecule has 0 saturated heterocycles. The van der Waals surface area contributed by atoms with Gasteiger partial charge in [-0.1, -0.05) is 12.6 Å². The molecule has 0 bridgehead atoms. The number of aliphatic hydroxyl groups excluding tert-OH is 1. The van der Waals surface area contributed by atoms with E-state index in [1.54, 1.807) is 0 Å². The van der Waals surface area contributed by atoms with Crippen LogP contribution in [-0.2, 0) is 0 Å². The molecule has 0 aromatic rings. The van der Waals surface area contributed by atoms with Gasteiger partial charge in [0, 0.05) is 5.75 Å². The molecule has 0 atom stereocenters. The lowest BCUT2D eigenvalue weighted by Crippen LogP contribution is -1.76. The fourth-order valence-corrected chi connectivity index (χ4v) is 0. The molecule has 0 aliphatic rings. The molecule has 0 spiro atoms. The Balaban J connectivity index is 1.97. The van der Waals surface area contributed by atoms with Gasteiger partial charge in [-0.25, -0.2) is 0 Å². The van der Waals surface area contributed by atoms with Gasteiger partial charge in [0.2, 0.25) is 0 Å². The second kappa shape index (κ2) is 3.31. The Morgan fingerprint density at radius 3 is 2.00 bits per heavy atom. The molecule has 0 unspecified atom stereocenters. The van der Waals surface area contributed by atoms with Crippen LogP contribution in [-0.4, -0.2) is 17.5 Å². The molecule has 0 heterocycles. The molecule has 0 amide bonds. The van der Waals surface area contributed by atoms with Crippen molar-refractivity contribution in [1.29, 1.82) is 0 Å². The van der Waals surface area contributed by atoms with E-state index in [0.717, 1.165) is 0 Å². The van der Waals surface area contributed by atoms with E-state index in [9.17, 15) is 0 Å². The van der Waals surface area contributed by atoms with E-state index in [4.69, 9.17) is 5.11 Å². The van der Waals surface area contributed by atoms with E-state index in [-0.39, 0.29) is 6.61 Å². The van der Waals surface area contributed by atoms with Gasteiger partial charge in [0.15, 0.2) is 0 Å². The Hall–Kier alpha value is 0.310. The lowest BCUT2D eigenvalue weighted by atomic mass is 10.9. The van der Waals surface area contributed by atoms with Crippen LogP contribution >= 0.6 is 12.6 Å². The van der Waals surface area contributed by atoms with Crippen LogP contribution in [0.3, 0.4) is 0 Å². The van der Waals surface area contributed by atoms with Gasteiger partial charge in [0.25, 0.3) is 0 Å². The third-order valence-electron chi connectivity index (χ3n) is 0.0913. The van der Waals surface area contributed by atoms with Crippen molar-refractivity contribution in [3.05, 3.63) is 0 Å². The predicted octanol–water partition coefficient (Wildman–Crippen LogP) is 0.176. The molecule has 0 saturated carbocycles. The second-order valence-corrected chi connectivity index (χ2v) is 0.836. The summed E-state index contributed by atoms with van der Waals surface area (Å²) in [5, 5.41) is 7.77. The quantitative estimate of drug-likeness (QED) is 0.473. The van der Waals surface area contributed by atoms with Crippen LogP contribution in [0.1, 0.15) is 0 Å². The van der Waals surface area contributed by atoms with E-state index in [2.05, 4.69) is 12.6 Å². The fraction of sp³-hybridized carbons (Fsp3) is 1.00. The summed E-state index contributed by atoms with van der Waals surface area (Å²) in [5.74, 6) is 0.458. The minimum atomic E-state index is 0.134. The van der Waals surface area contributed by atoms with Crippen LogP contribution in [0.5, 0.6) is 0 Å². The van der Waals surface area contributed by atoms with E-state index >= 15 is 0 Å². The first-order valence-corrected chi connectivity index (χ1v) is 1.68. The third-order valence-corrected chi connectivity index (χ3v) is 0.274. The van der Waals surface area contributed by atoms with Gasteiger partial charge in [-0.05, 0) is 0 Å². The standard InChI is InChI=1S/C2H5OS/c3-1-2-4/h3H,1-2H2. The number of hydrogen-bond acceptors (Lipinski definition) is 1. The predicted molar refractivity (Wildman–Crippen MR) is 19.5 cm³/mol. The van der Waals surface area contributed by atoms with Crippen molar-refractivity contribution < 1.29 is 5.11 Å². The Morgan fingerprint density at radius 2 is 2.00 bits per heavy atom. The van der Waals surface area contributed by atoms with Crippen LogP contribution in [0.25, 0.3) is 0 Å². The molecular formula is C2H5OS. The minimum absolute atomic E-state index is 0.134. The van der Waals surface area contributed by atoms with E-state index in [1.165, 1.54) is 0 Å². The van der Waals surface area contributed by atoms with Crippen molar-refractivity contribution in [2.75, 3.05) is 12.4 Å². The highest BCUT2D eigenvalue weighted by molar-refractivity contribution is 7.80. The second-order valence-electron chi connectivity index (χ2n) is 0.428. The molecule has 25 valence electrons. The molecular weight excluding hydrogens is 72.1 g/mol. The van der Waals surface area contributed by atoms with Crippen molar-refractivity contribution in [2.45, 2.75) is 0 Å². The van der Waals surface area contributed by atoms with Crippen LogP contribution in [0.4, 0.5) is 0 Å². The van der Waals surface area contributed by atoms with Crippen molar-refractivity contribution in [1.82, 2.24) is 0 Å². The SMILES string of the molecule is OCC[S]. The molecule has 0 aliphatic carbocycles. The molecule has 1 nitrogen and oxygen atoms in total. The maximum atomic E-state index is 7.77. The van der Waals surface area contributed by atoms with E-state index in [1.807, 2.05) is 0 Å². The first kappa shape index (κ1) is 4.31. The van der Waals surface area contributed by atoms with Crippen LogP contribution in [0.15, 0.2) is 0 Å². The molecule has 4 heavy (non-hydrogen) atoms. The summed E-state index contributed by atoms with van der Waals surface area (Å²) < 4.78 is 0. The minimum Gasteiger partial charge on any atom is -0.395 e. The topological polar surface area (TPSA) is 20.2 Å². The average Bonchev–Trinajstić information content (AvgIpc) is 1.37. The summed E-state index contributed by atoms with van der Waals surface area (Å²) in [7, 11) is 0. The normalized spacial score (nSPS) is 7.50. The molecule has 0 fully saturated rings. The highest BCUT2D eigenvalue weighted by Gasteiger charge is 1.59. The first-order chi connectivity index (χ1) is 1.91. The molecule has 0 rings (SSSR count). The monoisotopic (exact) mass is 77.0 g/mol. The van der Waals surface area contributed by atoms with Gasteiger partial charge in [0.05, 0.1) is 6.61 Å². The zero-order valence-corrected chi connectivity index (χ0v) is 3.09. The largest absolute Gasteiger partial charge is 0.395 e. The van der Waals surface area contributed by atoms with Crippen LogP contribution in [0, 0.1) is 0 Å². The highest BCUT2D eigenvalue weighted by atomic mass is 32.1. The van der Waals surface area contributed by atoms with Gasteiger partial charge in [-0.2, -0.15) is 0 Å². The summed E-state index contributed by atoms with van der Waals surface area (Å²) in [6.07, 6.45) is 0. The number of rotatable bonds is 1. The smallest absolute Gasteiger partial charge is 0.0530 e. The zero-order valence-electron chi connectivity index (χ0n) is 2.27. The Labute approximate surface area is 31.1 Å². The lowest BCUT2D eigenvalue weighted by Gasteiger charge is -1.67. The van der Waals surface area contributed by atoms with Crippen molar-refractivity contribution in [2.24, 2.45) is 0 Å². The summed E-state index contributed by atoms with van der Waals surface area (Å²) in [6, 6.07) is 0. The van der Waals surface area contributed by atoms with Gasteiger partial charge < -0.3 is 5.11 Å². The summed E-state index contributed by atoms with van der Waals surface area (Å²) in [4.78, 5) is 0. The molecule has 0 aromatic carbocycles. The molecule has 0 aromatic heterocycles. The average molecular weight is 77.1 g/mol. The van der Waals surface area contributed by atoms with Gasteiger partial charge >= 0.3 is 0 Å². The zero-order chi connectivity index (χ0) is 3.41. The molecule has 0 aliphatic heterocycles. The Bertz CT molecular complexity index is 8.00. The lowest BCUT2D eigenvalue weighted by molar-refractivity contribution is 0.323. The number of hydrogen-bond donors (Lipinski definition) is 1. The van der Waals surface area contributed by atoms with Gasteiger partial charge in [0.1, 0.15) is 0 Å². The van der Waals surface area contributed by atoms with Crippen LogP contribution in [0.2, 0.25) is 0 Å². The maximum absolute atomic E-state index is 7.77. The highest BCUT2D eigenvalue weighted by Crippen LogP contribution is 1.61. The number of aliphatic hydroxyl groups is 1. The summed E-state index contributed by atoms with van der Waals surface area (Å²) in [6.45, 7) is 0.134. The molecule has 2 heteroatoms. The summed E-state index contributed by atoms with van der Waals surface area (Å²) in [5.41, 5.74) is 0. The Morgan fingerprint density at radius 1 is 1.75 bits per heavy atom.